The van der Waals surface area contributed by atoms with Gasteiger partial charge in [0.25, 0.3) is 0 Å². The molecule has 1 atom stereocenters. The molecule has 4 nitrogen and oxygen atoms in total. The summed E-state index contributed by atoms with van der Waals surface area (Å²) in [7, 11) is -3.72. The van der Waals surface area contributed by atoms with E-state index in [9.17, 15) is 17.6 Å². The highest BCUT2D eigenvalue weighted by Crippen LogP contribution is 2.49. The van der Waals surface area contributed by atoms with E-state index >= 15 is 0 Å². The summed E-state index contributed by atoms with van der Waals surface area (Å²) in [5.41, 5.74) is 0. The van der Waals surface area contributed by atoms with Crippen molar-refractivity contribution < 1.29 is 17.6 Å². The molecule has 1 aromatic carbocycles. The Hall–Kier alpha value is -0.540. The van der Waals surface area contributed by atoms with Crippen molar-refractivity contribution in [3.63, 3.8) is 0 Å². The van der Waals surface area contributed by atoms with E-state index in [0.717, 1.165) is 25.0 Å². The Morgan fingerprint density at radius 2 is 1.84 bits per heavy atom. The molecule has 4 rings (SSSR count). The van der Waals surface area contributed by atoms with Crippen molar-refractivity contribution in [1.82, 2.24) is 4.31 Å². The number of benzene rings is 1. The summed E-state index contributed by atoms with van der Waals surface area (Å²) in [6.07, 6.45) is 1.50. The lowest BCUT2D eigenvalue weighted by Crippen LogP contribution is -2.39. The molecule has 2 bridgehead atoms. The van der Waals surface area contributed by atoms with Gasteiger partial charge in [-0.15, -0.1) is 0 Å². The van der Waals surface area contributed by atoms with Crippen molar-refractivity contribution in [3.8, 4) is 0 Å². The Kier molecular flexibility index (Phi) is 3.18. The monoisotopic (exact) mass is 395 g/mol. The van der Waals surface area contributed by atoms with E-state index in [1.54, 1.807) is 22.6 Å². The van der Waals surface area contributed by atoms with Gasteiger partial charge in [0.2, 0.25) is 13.8 Å². The molecule has 19 heavy (non-hydrogen) atoms. The number of nitrogens with zero attached hydrogens (tertiary/aromatic N) is 1. The van der Waals surface area contributed by atoms with Crippen LogP contribution in [0.3, 0.4) is 0 Å². The fourth-order valence-corrected chi connectivity index (χ4v) is 5.74. The van der Waals surface area contributed by atoms with E-state index in [-0.39, 0.29) is 20.6 Å². The van der Waals surface area contributed by atoms with Gasteiger partial charge in [0.15, 0.2) is 0 Å². The number of halogens is 2. The quantitative estimate of drug-likeness (QED) is 0.581. The molecule has 0 unspecified atom stereocenters. The maximum atomic E-state index is 12.9. The summed E-state index contributed by atoms with van der Waals surface area (Å²) in [5.74, 6) is -0.337. The third-order valence-electron chi connectivity index (χ3n) is 3.85. The minimum atomic E-state index is -3.72. The van der Waals surface area contributed by atoms with Crippen LogP contribution in [0.1, 0.15) is 12.8 Å². The van der Waals surface area contributed by atoms with Crippen LogP contribution in [0.5, 0.6) is 0 Å². The Bertz CT molecular complexity index is 625. The van der Waals surface area contributed by atoms with E-state index < -0.39 is 21.9 Å². The number of carbonyl (C=O) groups excluding carboxylic acids is 1. The molecule has 0 aromatic heterocycles. The number of fused-ring (bicyclic) bond motifs is 1. The lowest BCUT2D eigenvalue weighted by atomic mass is 9.83. The molecular weight excluding hydrogens is 384 g/mol. The molecule has 0 N–H and O–H groups in total. The molecule has 2 aliphatic heterocycles. The van der Waals surface area contributed by atoms with Gasteiger partial charge in [0.05, 0.1) is 10.9 Å². The number of sulfonamides is 1. The van der Waals surface area contributed by atoms with Crippen LogP contribution in [0, 0.1) is 11.7 Å². The molecule has 2 heterocycles. The molecule has 3 fully saturated rings. The van der Waals surface area contributed by atoms with E-state index in [1.165, 1.54) is 16.4 Å². The second kappa shape index (κ2) is 4.49. The highest BCUT2D eigenvalue weighted by molar-refractivity contribution is 14.1. The van der Waals surface area contributed by atoms with E-state index in [1.807, 2.05) is 0 Å². The fourth-order valence-electron chi connectivity index (χ4n) is 2.89. The van der Waals surface area contributed by atoms with Crippen LogP contribution < -0.4 is 0 Å². The SMILES string of the molecule is O=C(I)[C@@H]1C2CC(C2)N1S(=O)(=O)c1ccc(F)cc1. The van der Waals surface area contributed by atoms with Crippen molar-refractivity contribution in [2.45, 2.75) is 29.8 Å². The Balaban J connectivity index is 2.01. The molecule has 0 amide bonds. The Morgan fingerprint density at radius 1 is 1.26 bits per heavy atom. The van der Waals surface area contributed by atoms with Crippen LogP contribution >= 0.6 is 22.6 Å². The average Bonchev–Trinajstić information content (AvgIpc) is 2.84. The van der Waals surface area contributed by atoms with Crippen molar-refractivity contribution in [1.29, 1.82) is 0 Å². The molecule has 1 saturated carbocycles. The van der Waals surface area contributed by atoms with Gasteiger partial charge in [-0.2, -0.15) is 4.31 Å². The fraction of sp³-hybridized carbons (Fsp3) is 0.417. The van der Waals surface area contributed by atoms with Crippen molar-refractivity contribution in [2.75, 3.05) is 0 Å². The summed E-state index contributed by atoms with van der Waals surface area (Å²) in [5, 5.41) is 0. The highest BCUT2D eigenvalue weighted by atomic mass is 127. The lowest BCUT2D eigenvalue weighted by Gasteiger charge is -2.25. The van der Waals surface area contributed by atoms with Gasteiger partial charge in [0.1, 0.15) is 5.82 Å². The predicted molar refractivity (Wildman–Crippen MR) is 74.8 cm³/mol. The molecule has 1 aromatic rings. The van der Waals surface area contributed by atoms with Crippen LogP contribution in [-0.2, 0) is 14.8 Å². The second-order valence-electron chi connectivity index (χ2n) is 4.92. The zero-order valence-electron chi connectivity index (χ0n) is 9.79. The zero-order valence-corrected chi connectivity index (χ0v) is 12.8. The molecule has 0 radical (unpaired) electrons. The van der Waals surface area contributed by atoms with Crippen LogP contribution in [0.2, 0.25) is 0 Å². The average molecular weight is 395 g/mol. The third-order valence-corrected chi connectivity index (χ3v) is 6.44. The van der Waals surface area contributed by atoms with E-state index in [0.29, 0.717) is 0 Å². The number of hydrogen-bond acceptors (Lipinski definition) is 3. The van der Waals surface area contributed by atoms with Gasteiger partial charge in [-0.1, -0.05) is 0 Å². The molecule has 2 saturated heterocycles. The Labute approximate surface area is 124 Å². The summed E-state index contributed by atoms with van der Waals surface area (Å²) in [6, 6.07) is 4.09. The zero-order chi connectivity index (χ0) is 13.8. The molecule has 1 aliphatic carbocycles. The first-order valence-corrected chi connectivity index (χ1v) is 8.41. The number of rotatable bonds is 3. The molecule has 102 valence electrons. The highest BCUT2D eigenvalue weighted by Gasteiger charge is 2.57. The first kappa shape index (κ1) is 13.4. The first-order chi connectivity index (χ1) is 8.91. The maximum absolute atomic E-state index is 12.9. The van der Waals surface area contributed by atoms with Gasteiger partial charge in [-0.3, -0.25) is 4.79 Å². The van der Waals surface area contributed by atoms with Gasteiger partial charge >= 0.3 is 0 Å². The van der Waals surface area contributed by atoms with Crippen molar-refractivity contribution in [2.24, 2.45) is 5.92 Å². The number of hydrogen-bond donors (Lipinski definition) is 0. The Morgan fingerprint density at radius 3 is 2.37 bits per heavy atom. The van der Waals surface area contributed by atoms with Crippen molar-refractivity contribution >= 4 is 36.4 Å². The smallest absolute Gasteiger partial charge is 0.244 e. The minimum absolute atomic E-state index is 0.0455. The minimum Gasteiger partial charge on any atom is -0.286 e. The van der Waals surface area contributed by atoms with E-state index in [2.05, 4.69) is 0 Å². The standard InChI is InChI=1S/C12H11FINO3S/c13-8-1-3-10(4-2-8)19(17,18)15-9-5-7(6-9)11(15)12(14)16/h1-4,7,9,11H,5-6H2/t7?,9?,11-/m0/s1. The normalized spacial score (nSPS) is 30.1. The second-order valence-corrected chi connectivity index (χ2v) is 7.83. The topological polar surface area (TPSA) is 54.5 Å². The van der Waals surface area contributed by atoms with Crippen LogP contribution in [0.25, 0.3) is 0 Å². The summed E-state index contributed by atoms with van der Waals surface area (Å²) in [4.78, 5) is 11.7. The largest absolute Gasteiger partial charge is 0.286 e. The lowest BCUT2D eigenvalue weighted by molar-refractivity contribution is -0.112. The number of carbonyl (C=O) groups is 1. The first-order valence-electron chi connectivity index (χ1n) is 5.89. The molecule has 7 heteroatoms. The van der Waals surface area contributed by atoms with Gasteiger partial charge < -0.3 is 0 Å². The van der Waals surface area contributed by atoms with Crippen LogP contribution in [0.15, 0.2) is 29.2 Å². The molecular formula is C12H11FINO3S. The van der Waals surface area contributed by atoms with E-state index in [4.69, 9.17) is 0 Å². The third kappa shape index (κ3) is 2.02. The predicted octanol–water partition coefficient (Wildman–Crippen LogP) is 1.94. The van der Waals surface area contributed by atoms with Crippen molar-refractivity contribution in [3.05, 3.63) is 30.1 Å². The van der Waals surface area contributed by atoms with Crippen LogP contribution in [0.4, 0.5) is 4.39 Å². The van der Waals surface area contributed by atoms with Gasteiger partial charge in [-0.05, 0) is 43.0 Å². The van der Waals surface area contributed by atoms with Crippen LogP contribution in [-0.4, -0.2) is 28.6 Å². The molecule has 0 spiro atoms. The summed E-state index contributed by atoms with van der Waals surface area (Å²) >= 11 is 1.66. The summed E-state index contributed by atoms with van der Waals surface area (Å²) < 4.78 is 39.1. The summed E-state index contributed by atoms with van der Waals surface area (Å²) in [6.45, 7) is 0. The van der Waals surface area contributed by atoms with Gasteiger partial charge in [-0.25, -0.2) is 12.8 Å². The molecule has 3 aliphatic rings. The maximum Gasteiger partial charge on any atom is 0.244 e. The van der Waals surface area contributed by atoms with Gasteiger partial charge in [0, 0.05) is 28.6 Å².